The van der Waals surface area contributed by atoms with E-state index >= 15 is 0 Å². The van der Waals surface area contributed by atoms with Crippen molar-refractivity contribution in [1.82, 2.24) is 0 Å². The van der Waals surface area contributed by atoms with Gasteiger partial charge in [-0.2, -0.15) is 0 Å². The number of carbonyl (C=O) groups excluding carboxylic acids is 1. The van der Waals surface area contributed by atoms with Crippen LogP contribution in [-0.2, 0) is 6.42 Å². The largest absolute Gasteiger partial charge is 0.294 e. The summed E-state index contributed by atoms with van der Waals surface area (Å²) in [4.78, 5) is 11.3. The average molecular weight is 324 g/mol. The maximum absolute atomic E-state index is 12.5. The van der Waals surface area contributed by atoms with Crippen molar-refractivity contribution in [3.05, 3.63) is 32.4 Å². The number of carbonyl (C=O) groups is 1. The molecule has 0 amide bonds. The van der Waals surface area contributed by atoms with E-state index in [9.17, 15) is 13.6 Å². The molecule has 1 nitrogen and oxygen atoms in total. The molecule has 0 aromatic heterocycles. The van der Waals surface area contributed by atoms with Gasteiger partial charge in [0.2, 0.25) is 0 Å². The molecule has 0 saturated carbocycles. The highest BCUT2D eigenvalue weighted by Crippen LogP contribution is 2.27. The van der Waals surface area contributed by atoms with Crippen molar-refractivity contribution in [2.24, 2.45) is 0 Å². The number of hydrogen-bond donors (Lipinski definition) is 0. The summed E-state index contributed by atoms with van der Waals surface area (Å²) in [6.07, 6.45) is -1.87. The molecule has 4 heteroatoms. The van der Waals surface area contributed by atoms with Crippen molar-refractivity contribution in [2.75, 3.05) is 0 Å². The number of aryl methyl sites for hydroxylation is 1. The van der Waals surface area contributed by atoms with Crippen LogP contribution < -0.4 is 0 Å². The molecule has 1 aromatic rings. The number of hydrogen-bond acceptors (Lipinski definition) is 1. The van der Waals surface area contributed by atoms with Crippen LogP contribution in [0.25, 0.3) is 0 Å². The minimum absolute atomic E-state index is 0.0718. The van der Waals surface area contributed by atoms with Crippen LogP contribution in [0.2, 0.25) is 0 Å². The van der Waals surface area contributed by atoms with E-state index in [0.29, 0.717) is 12.0 Å². The van der Waals surface area contributed by atoms with Crippen molar-refractivity contribution in [2.45, 2.75) is 26.7 Å². The van der Waals surface area contributed by atoms with E-state index in [1.165, 1.54) is 19.1 Å². The topological polar surface area (TPSA) is 17.1 Å². The molecule has 0 saturated heterocycles. The van der Waals surface area contributed by atoms with Gasteiger partial charge in [0, 0.05) is 14.7 Å². The molecule has 0 spiro atoms. The van der Waals surface area contributed by atoms with Crippen molar-refractivity contribution in [3.8, 4) is 0 Å². The highest BCUT2D eigenvalue weighted by atomic mass is 127. The smallest absolute Gasteiger partial charge is 0.263 e. The Hall–Kier alpha value is -0.520. The fourth-order valence-corrected chi connectivity index (χ4v) is 2.42. The first-order valence-electron chi connectivity index (χ1n) is 4.58. The molecule has 15 heavy (non-hydrogen) atoms. The summed E-state index contributed by atoms with van der Waals surface area (Å²) in [5.41, 5.74) is 1.13. The van der Waals surface area contributed by atoms with Gasteiger partial charge in [0.1, 0.15) is 0 Å². The minimum atomic E-state index is -2.52. The third-order valence-corrected chi connectivity index (χ3v) is 3.46. The molecule has 0 aliphatic rings. The summed E-state index contributed by atoms with van der Waals surface area (Å²) in [5, 5.41) is 0. The standard InChI is InChI=1S/C11H11F2IO/c1-3-7-4-8(11(12)13)5-9(6(2)15)10(7)14/h4-5,11H,3H2,1-2H3. The van der Waals surface area contributed by atoms with E-state index in [0.717, 1.165) is 9.13 Å². The minimum Gasteiger partial charge on any atom is -0.294 e. The summed E-state index contributed by atoms with van der Waals surface area (Å²) in [6, 6.07) is 2.76. The highest BCUT2D eigenvalue weighted by molar-refractivity contribution is 14.1. The van der Waals surface area contributed by atoms with E-state index in [2.05, 4.69) is 0 Å². The van der Waals surface area contributed by atoms with E-state index in [1.807, 2.05) is 29.5 Å². The Kier molecular flexibility index (Phi) is 4.19. The number of halogens is 3. The third-order valence-electron chi connectivity index (χ3n) is 2.18. The molecular weight excluding hydrogens is 313 g/mol. The Balaban J connectivity index is 3.38. The summed E-state index contributed by atoms with van der Waals surface area (Å²) >= 11 is 2.03. The van der Waals surface area contributed by atoms with Gasteiger partial charge >= 0.3 is 0 Å². The monoisotopic (exact) mass is 324 g/mol. The van der Waals surface area contributed by atoms with Gasteiger partial charge in [0.25, 0.3) is 6.43 Å². The van der Waals surface area contributed by atoms with Gasteiger partial charge in [-0.05, 0) is 53.6 Å². The Labute approximate surface area is 101 Å². The van der Waals surface area contributed by atoms with Crippen molar-refractivity contribution in [3.63, 3.8) is 0 Å². The maximum atomic E-state index is 12.5. The first kappa shape index (κ1) is 12.5. The van der Waals surface area contributed by atoms with Crippen LogP contribution in [0.1, 0.15) is 41.8 Å². The molecule has 0 fully saturated rings. The molecule has 1 rings (SSSR count). The quantitative estimate of drug-likeness (QED) is 0.607. The van der Waals surface area contributed by atoms with Crippen molar-refractivity contribution < 1.29 is 13.6 Å². The third kappa shape index (κ3) is 2.74. The van der Waals surface area contributed by atoms with Gasteiger partial charge in [-0.25, -0.2) is 8.78 Å². The normalized spacial score (nSPS) is 10.8. The molecule has 82 valence electrons. The zero-order valence-corrected chi connectivity index (χ0v) is 10.6. The first-order valence-corrected chi connectivity index (χ1v) is 5.66. The fraction of sp³-hybridized carbons (Fsp3) is 0.364. The Morgan fingerprint density at radius 1 is 1.47 bits per heavy atom. The van der Waals surface area contributed by atoms with E-state index in [4.69, 9.17) is 0 Å². The number of alkyl halides is 2. The summed E-state index contributed by atoms with van der Waals surface area (Å²) in [7, 11) is 0. The number of rotatable bonds is 3. The van der Waals surface area contributed by atoms with E-state index < -0.39 is 6.43 Å². The number of ketones is 1. The van der Waals surface area contributed by atoms with Gasteiger partial charge in [0.05, 0.1) is 0 Å². The predicted octanol–water partition coefficient (Wildman–Crippen LogP) is 3.99. The van der Waals surface area contributed by atoms with Crippen LogP contribution in [0.3, 0.4) is 0 Å². The van der Waals surface area contributed by atoms with Crippen LogP contribution in [0.4, 0.5) is 8.78 Å². The van der Waals surface area contributed by atoms with Crippen LogP contribution in [-0.4, -0.2) is 5.78 Å². The average Bonchev–Trinajstić information content (AvgIpc) is 2.17. The van der Waals surface area contributed by atoms with Crippen LogP contribution in [0.5, 0.6) is 0 Å². The molecule has 0 aliphatic heterocycles. The predicted molar refractivity (Wildman–Crippen MR) is 63.5 cm³/mol. The molecular formula is C11H11F2IO. The second-order valence-electron chi connectivity index (χ2n) is 3.25. The zero-order chi connectivity index (χ0) is 11.6. The molecule has 0 aliphatic carbocycles. The van der Waals surface area contributed by atoms with Crippen LogP contribution in [0, 0.1) is 3.57 Å². The zero-order valence-electron chi connectivity index (χ0n) is 8.48. The van der Waals surface area contributed by atoms with Gasteiger partial charge in [-0.15, -0.1) is 0 Å². The summed E-state index contributed by atoms with van der Waals surface area (Å²) in [5.74, 6) is -0.170. The van der Waals surface area contributed by atoms with Gasteiger partial charge in [-0.1, -0.05) is 6.92 Å². The van der Waals surface area contributed by atoms with E-state index in [1.54, 1.807) is 0 Å². The lowest BCUT2D eigenvalue weighted by molar-refractivity contribution is 0.101. The molecule has 0 radical (unpaired) electrons. The highest BCUT2D eigenvalue weighted by Gasteiger charge is 2.15. The van der Waals surface area contributed by atoms with Crippen molar-refractivity contribution >= 4 is 28.4 Å². The molecule has 0 unspecified atom stereocenters. The van der Waals surface area contributed by atoms with Gasteiger partial charge < -0.3 is 0 Å². The molecule has 0 N–H and O–H groups in total. The molecule has 1 aromatic carbocycles. The van der Waals surface area contributed by atoms with Gasteiger partial charge in [-0.3, -0.25) is 4.79 Å². The molecule has 0 bridgehead atoms. The number of benzene rings is 1. The fourth-order valence-electron chi connectivity index (χ4n) is 1.35. The van der Waals surface area contributed by atoms with E-state index in [-0.39, 0.29) is 11.3 Å². The number of Topliss-reactive ketones (excluding diaryl/α,β-unsaturated/α-hetero) is 1. The summed E-state index contributed by atoms with van der Waals surface area (Å²) < 4.78 is 25.9. The Morgan fingerprint density at radius 3 is 2.47 bits per heavy atom. The Morgan fingerprint density at radius 2 is 2.07 bits per heavy atom. The van der Waals surface area contributed by atoms with Crippen molar-refractivity contribution in [1.29, 1.82) is 0 Å². The lowest BCUT2D eigenvalue weighted by Gasteiger charge is -2.09. The van der Waals surface area contributed by atoms with Crippen LogP contribution >= 0.6 is 22.6 Å². The second-order valence-corrected chi connectivity index (χ2v) is 4.33. The molecule has 0 atom stereocenters. The van der Waals surface area contributed by atoms with Gasteiger partial charge in [0.15, 0.2) is 5.78 Å². The summed E-state index contributed by atoms with van der Waals surface area (Å²) in [6.45, 7) is 3.28. The lowest BCUT2D eigenvalue weighted by atomic mass is 10.0. The lowest BCUT2D eigenvalue weighted by Crippen LogP contribution is -2.02. The SMILES string of the molecule is CCc1cc(C(F)F)cc(C(C)=O)c1I. The molecule has 0 heterocycles. The van der Waals surface area contributed by atoms with Crippen LogP contribution in [0.15, 0.2) is 12.1 Å². The Bertz CT molecular complexity index is 388. The second kappa shape index (κ2) is 5.01. The maximum Gasteiger partial charge on any atom is 0.263 e. The first-order chi connectivity index (χ1) is 6.97.